The van der Waals surface area contributed by atoms with E-state index in [2.05, 4.69) is 15.8 Å². The highest BCUT2D eigenvalue weighted by molar-refractivity contribution is 7.89. The second-order valence-electron chi connectivity index (χ2n) is 7.34. The van der Waals surface area contributed by atoms with Gasteiger partial charge in [0.05, 0.1) is 12.9 Å². The van der Waals surface area contributed by atoms with E-state index in [-0.39, 0.29) is 11.7 Å². The van der Waals surface area contributed by atoms with E-state index in [9.17, 15) is 13.2 Å². The molecule has 1 heterocycles. The zero-order valence-corrected chi connectivity index (χ0v) is 19.2. The molecule has 6 nitrogen and oxygen atoms in total. The lowest BCUT2D eigenvalue weighted by Crippen LogP contribution is -2.28. The number of carbonyl (C=O) groups excluding carboxylic acids is 1. The molecule has 0 aliphatic heterocycles. The van der Waals surface area contributed by atoms with Gasteiger partial charge in [0, 0.05) is 30.9 Å². The summed E-state index contributed by atoms with van der Waals surface area (Å²) in [4.78, 5) is 15.6. The van der Waals surface area contributed by atoms with Gasteiger partial charge in [-0.1, -0.05) is 49.8 Å². The summed E-state index contributed by atoms with van der Waals surface area (Å²) in [5, 5.41) is 0. The third kappa shape index (κ3) is 9.02. The van der Waals surface area contributed by atoms with Crippen LogP contribution in [0.3, 0.4) is 0 Å². The summed E-state index contributed by atoms with van der Waals surface area (Å²) in [6.45, 7) is 2.37. The fourth-order valence-corrected chi connectivity index (χ4v) is 4.35. The van der Waals surface area contributed by atoms with E-state index < -0.39 is 10.0 Å². The van der Waals surface area contributed by atoms with Crippen molar-refractivity contribution in [3.63, 3.8) is 0 Å². The van der Waals surface area contributed by atoms with E-state index in [0.29, 0.717) is 32.2 Å². The van der Waals surface area contributed by atoms with Crippen LogP contribution in [0.25, 0.3) is 5.57 Å². The van der Waals surface area contributed by atoms with Crippen LogP contribution >= 0.6 is 0 Å². The quantitative estimate of drug-likeness (QED) is 0.371. The van der Waals surface area contributed by atoms with Gasteiger partial charge in [-0.3, -0.25) is 9.78 Å². The van der Waals surface area contributed by atoms with Crippen molar-refractivity contribution in [1.29, 1.82) is 0 Å². The highest BCUT2D eigenvalue weighted by atomic mass is 32.2. The Balaban J connectivity index is 2.03. The van der Waals surface area contributed by atoms with Crippen LogP contribution in [-0.4, -0.2) is 38.8 Å². The number of carbonyl (C=O) groups is 1. The Bertz CT molecular complexity index is 939. The minimum absolute atomic E-state index is 0.178. The molecule has 0 atom stereocenters. The molecule has 0 fully saturated rings. The first-order chi connectivity index (χ1) is 14.9. The van der Waals surface area contributed by atoms with E-state index in [1.165, 1.54) is 7.11 Å². The summed E-state index contributed by atoms with van der Waals surface area (Å²) >= 11 is 0. The Labute approximate surface area is 185 Å². The van der Waals surface area contributed by atoms with Crippen molar-refractivity contribution in [2.24, 2.45) is 0 Å². The predicted octanol–water partition coefficient (Wildman–Crippen LogP) is 4.12. The summed E-state index contributed by atoms with van der Waals surface area (Å²) < 4.78 is 31.2. The molecule has 1 aromatic carbocycles. The molecule has 1 aromatic heterocycles. The molecule has 31 heavy (non-hydrogen) atoms. The Morgan fingerprint density at radius 2 is 1.90 bits per heavy atom. The van der Waals surface area contributed by atoms with Crippen molar-refractivity contribution in [3.05, 3.63) is 71.6 Å². The first-order valence-electron chi connectivity index (χ1n) is 10.7. The van der Waals surface area contributed by atoms with E-state index >= 15 is 0 Å². The van der Waals surface area contributed by atoms with Crippen LogP contribution in [-0.2, 0) is 26.0 Å². The Kier molecular flexibility index (Phi) is 10.4. The number of hydrogen-bond donors (Lipinski definition) is 1. The fraction of sp³-hybridized carbons (Fsp3) is 0.417. The molecule has 1 N–H and O–H groups in total. The number of nitrogens with one attached hydrogen (secondary N) is 1. The van der Waals surface area contributed by atoms with E-state index in [1.807, 2.05) is 49.5 Å². The number of esters is 1. The first kappa shape index (κ1) is 24.8. The lowest BCUT2D eigenvalue weighted by Gasteiger charge is -2.10. The molecule has 0 unspecified atom stereocenters. The number of methoxy groups -OCH3 is 1. The van der Waals surface area contributed by atoms with E-state index in [1.54, 1.807) is 6.20 Å². The number of unbranched alkanes of at least 4 members (excludes halogenated alkanes) is 2. The zero-order chi connectivity index (χ0) is 22.5. The monoisotopic (exact) mass is 444 g/mol. The third-order valence-corrected chi connectivity index (χ3v) is 6.37. The number of ether oxygens (including phenoxy) is 1. The summed E-state index contributed by atoms with van der Waals surface area (Å²) in [6, 6.07) is 12.0. The molecule has 0 aliphatic rings. The molecule has 0 radical (unpaired) electrons. The zero-order valence-electron chi connectivity index (χ0n) is 18.3. The highest BCUT2D eigenvalue weighted by Gasteiger charge is 2.09. The largest absolute Gasteiger partial charge is 0.469 e. The minimum atomic E-state index is -3.19. The summed E-state index contributed by atoms with van der Waals surface area (Å²) in [5.41, 5.74) is 4.19. The van der Waals surface area contributed by atoms with Crippen LogP contribution in [0.2, 0.25) is 0 Å². The van der Waals surface area contributed by atoms with Gasteiger partial charge >= 0.3 is 5.97 Å². The van der Waals surface area contributed by atoms with Gasteiger partial charge in [-0.2, -0.15) is 0 Å². The molecule has 7 heteroatoms. The number of hydrogen-bond acceptors (Lipinski definition) is 5. The standard InChI is InChI=1S/C24H32N2O4S/c1-3-4-18-31(28,29)26-17-15-20-11-13-21(14-12-20)23(22-8-7-16-25-19-22)9-5-6-10-24(27)30-2/h7-9,11-14,16,19,26H,3-6,10,15,17-18H2,1-2H3/b23-9+. The van der Waals surface area contributed by atoms with Gasteiger partial charge in [0.15, 0.2) is 0 Å². The third-order valence-electron chi connectivity index (χ3n) is 4.90. The second-order valence-corrected chi connectivity index (χ2v) is 9.27. The molecule has 0 amide bonds. The maximum absolute atomic E-state index is 11.9. The molecule has 0 saturated heterocycles. The lowest BCUT2D eigenvalue weighted by atomic mass is 9.96. The normalized spacial score (nSPS) is 12.0. The van der Waals surface area contributed by atoms with Crippen LogP contribution in [0.4, 0.5) is 0 Å². The van der Waals surface area contributed by atoms with Gasteiger partial charge in [-0.15, -0.1) is 0 Å². The van der Waals surface area contributed by atoms with Crippen molar-refractivity contribution in [2.45, 2.75) is 45.4 Å². The number of pyridine rings is 1. The van der Waals surface area contributed by atoms with Crippen molar-refractivity contribution in [2.75, 3.05) is 19.4 Å². The molecule has 2 aromatic rings. The van der Waals surface area contributed by atoms with E-state index in [0.717, 1.165) is 35.1 Å². The van der Waals surface area contributed by atoms with Gasteiger partial charge in [0.1, 0.15) is 0 Å². The topological polar surface area (TPSA) is 85.4 Å². The van der Waals surface area contributed by atoms with E-state index in [4.69, 9.17) is 4.74 Å². The van der Waals surface area contributed by atoms with Crippen molar-refractivity contribution < 1.29 is 17.9 Å². The minimum Gasteiger partial charge on any atom is -0.469 e. The highest BCUT2D eigenvalue weighted by Crippen LogP contribution is 2.24. The Hall–Kier alpha value is -2.51. The Morgan fingerprint density at radius 3 is 2.55 bits per heavy atom. The predicted molar refractivity (Wildman–Crippen MR) is 124 cm³/mol. The number of aromatic nitrogens is 1. The van der Waals surface area contributed by atoms with Crippen LogP contribution in [0.15, 0.2) is 54.9 Å². The van der Waals surface area contributed by atoms with Gasteiger partial charge in [-0.05, 0) is 48.4 Å². The fourth-order valence-electron chi connectivity index (χ4n) is 3.13. The molecular weight excluding hydrogens is 412 g/mol. The maximum Gasteiger partial charge on any atom is 0.305 e. The van der Waals surface area contributed by atoms with Gasteiger partial charge < -0.3 is 4.74 Å². The van der Waals surface area contributed by atoms with Crippen molar-refractivity contribution >= 4 is 21.6 Å². The average molecular weight is 445 g/mol. The number of benzene rings is 1. The number of rotatable bonds is 13. The van der Waals surface area contributed by atoms with Gasteiger partial charge in [0.25, 0.3) is 0 Å². The lowest BCUT2D eigenvalue weighted by molar-refractivity contribution is -0.140. The number of sulfonamides is 1. The molecule has 0 bridgehead atoms. The number of allylic oxidation sites excluding steroid dienone is 1. The molecule has 2 rings (SSSR count). The van der Waals surface area contributed by atoms with Crippen molar-refractivity contribution in [3.8, 4) is 0 Å². The summed E-state index contributed by atoms with van der Waals surface area (Å²) in [7, 11) is -1.79. The van der Waals surface area contributed by atoms with Crippen molar-refractivity contribution in [1.82, 2.24) is 9.71 Å². The van der Waals surface area contributed by atoms with Crippen LogP contribution in [0.1, 0.15) is 55.7 Å². The first-order valence-corrected chi connectivity index (χ1v) is 12.3. The second kappa shape index (κ2) is 13.0. The molecular formula is C24H32N2O4S. The molecule has 0 aliphatic carbocycles. The number of nitrogens with zero attached hydrogens (tertiary/aromatic N) is 1. The van der Waals surface area contributed by atoms with Gasteiger partial charge in [0.2, 0.25) is 10.0 Å². The molecule has 0 spiro atoms. The smallest absolute Gasteiger partial charge is 0.305 e. The summed E-state index contributed by atoms with van der Waals surface area (Å²) in [6.07, 6.45) is 9.71. The maximum atomic E-state index is 11.9. The molecule has 0 saturated carbocycles. The SMILES string of the molecule is CCCCS(=O)(=O)NCCc1ccc(/C(=C\CCCC(=O)OC)c2cccnc2)cc1. The average Bonchev–Trinajstić information content (AvgIpc) is 2.78. The van der Waals surface area contributed by atoms with Crippen LogP contribution in [0, 0.1) is 0 Å². The Morgan fingerprint density at radius 1 is 1.13 bits per heavy atom. The van der Waals surface area contributed by atoms with Crippen LogP contribution in [0.5, 0.6) is 0 Å². The van der Waals surface area contributed by atoms with Crippen LogP contribution < -0.4 is 4.72 Å². The summed E-state index contributed by atoms with van der Waals surface area (Å²) in [5.74, 6) is -0.0245. The van der Waals surface area contributed by atoms with Gasteiger partial charge in [-0.25, -0.2) is 13.1 Å². The molecule has 168 valence electrons.